The Hall–Kier alpha value is -1.61. The molecule has 0 aromatic carbocycles. The van der Waals surface area contributed by atoms with Gasteiger partial charge in [0.15, 0.2) is 0 Å². The van der Waals surface area contributed by atoms with Crippen LogP contribution in [0, 0.1) is 0 Å². The quantitative estimate of drug-likeness (QED) is 0.854. The third-order valence-corrected chi connectivity index (χ3v) is 2.99. The lowest BCUT2D eigenvalue weighted by Gasteiger charge is -2.14. The molecule has 90 valence electrons. The SMILES string of the molecule is CCn1cccc1CN[C@H](C)c1ccccn1. The van der Waals surface area contributed by atoms with Crippen LogP contribution in [0.15, 0.2) is 42.7 Å². The van der Waals surface area contributed by atoms with E-state index in [-0.39, 0.29) is 6.04 Å². The van der Waals surface area contributed by atoms with Crippen molar-refractivity contribution in [3.05, 3.63) is 54.1 Å². The fourth-order valence-electron chi connectivity index (χ4n) is 1.91. The molecule has 2 rings (SSSR count). The second-order valence-electron chi connectivity index (χ2n) is 4.14. The lowest BCUT2D eigenvalue weighted by Crippen LogP contribution is -2.20. The molecule has 0 radical (unpaired) electrons. The van der Waals surface area contributed by atoms with E-state index in [1.165, 1.54) is 5.69 Å². The zero-order chi connectivity index (χ0) is 12.1. The summed E-state index contributed by atoms with van der Waals surface area (Å²) in [5.74, 6) is 0. The fraction of sp³-hybridized carbons (Fsp3) is 0.357. The van der Waals surface area contributed by atoms with Gasteiger partial charge in [0.05, 0.1) is 5.69 Å². The van der Waals surface area contributed by atoms with Gasteiger partial charge in [-0.15, -0.1) is 0 Å². The lowest BCUT2D eigenvalue weighted by atomic mass is 10.2. The summed E-state index contributed by atoms with van der Waals surface area (Å²) in [5.41, 5.74) is 2.40. The van der Waals surface area contributed by atoms with Crippen molar-refractivity contribution in [3.63, 3.8) is 0 Å². The summed E-state index contributed by atoms with van der Waals surface area (Å²) >= 11 is 0. The minimum absolute atomic E-state index is 0.274. The molecule has 3 nitrogen and oxygen atoms in total. The van der Waals surface area contributed by atoms with Crippen LogP contribution in [0.25, 0.3) is 0 Å². The van der Waals surface area contributed by atoms with Gasteiger partial charge in [0, 0.05) is 37.2 Å². The summed E-state index contributed by atoms with van der Waals surface area (Å²) in [6.07, 6.45) is 3.95. The molecule has 3 heteroatoms. The molecule has 2 aromatic heterocycles. The van der Waals surface area contributed by atoms with E-state index in [1.807, 2.05) is 18.3 Å². The first-order valence-electron chi connectivity index (χ1n) is 6.09. The predicted octanol–water partition coefficient (Wildman–Crippen LogP) is 2.75. The topological polar surface area (TPSA) is 29.9 Å². The Morgan fingerprint density at radius 2 is 2.18 bits per heavy atom. The molecule has 1 N–H and O–H groups in total. The summed E-state index contributed by atoms with van der Waals surface area (Å²) in [5, 5.41) is 3.49. The number of aromatic nitrogens is 2. The highest BCUT2D eigenvalue weighted by Crippen LogP contribution is 2.10. The van der Waals surface area contributed by atoms with Crippen LogP contribution in [0.5, 0.6) is 0 Å². The molecule has 1 atom stereocenters. The van der Waals surface area contributed by atoms with Gasteiger partial charge in [-0.25, -0.2) is 0 Å². The minimum atomic E-state index is 0.274. The number of hydrogen-bond donors (Lipinski definition) is 1. The molecule has 0 aliphatic carbocycles. The maximum absolute atomic E-state index is 4.35. The maximum atomic E-state index is 4.35. The lowest BCUT2D eigenvalue weighted by molar-refractivity contribution is 0.539. The zero-order valence-electron chi connectivity index (χ0n) is 10.4. The highest BCUT2D eigenvalue weighted by Gasteiger charge is 2.06. The van der Waals surface area contributed by atoms with Gasteiger partial charge >= 0.3 is 0 Å². The van der Waals surface area contributed by atoms with Gasteiger partial charge in [-0.1, -0.05) is 6.07 Å². The van der Waals surface area contributed by atoms with Gasteiger partial charge in [-0.3, -0.25) is 4.98 Å². The van der Waals surface area contributed by atoms with Crippen molar-refractivity contribution in [2.24, 2.45) is 0 Å². The molecule has 0 saturated carbocycles. The second-order valence-corrected chi connectivity index (χ2v) is 4.14. The van der Waals surface area contributed by atoms with E-state index in [0.29, 0.717) is 0 Å². The Morgan fingerprint density at radius 1 is 1.29 bits per heavy atom. The number of rotatable bonds is 5. The minimum Gasteiger partial charge on any atom is -0.351 e. The Labute approximate surface area is 103 Å². The van der Waals surface area contributed by atoms with Crippen LogP contribution in [0.4, 0.5) is 0 Å². The van der Waals surface area contributed by atoms with Crippen LogP contribution >= 0.6 is 0 Å². The molecule has 0 unspecified atom stereocenters. The number of pyridine rings is 1. The van der Waals surface area contributed by atoms with Crippen molar-refractivity contribution in [3.8, 4) is 0 Å². The maximum Gasteiger partial charge on any atom is 0.0570 e. The molecule has 0 aliphatic heterocycles. The van der Waals surface area contributed by atoms with E-state index in [1.54, 1.807) is 0 Å². The molecule has 2 aromatic rings. The van der Waals surface area contributed by atoms with Crippen LogP contribution in [0.3, 0.4) is 0 Å². The molecular formula is C14H19N3. The van der Waals surface area contributed by atoms with Crippen molar-refractivity contribution >= 4 is 0 Å². The summed E-state index contributed by atoms with van der Waals surface area (Å²) in [7, 11) is 0. The molecule has 2 heterocycles. The van der Waals surface area contributed by atoms with Crippen LogP contribution < -0.4 is 5.32 Å². The largest absolute Gasteiger partial charge is 0.351 e. The first kappa shape index (κ1) is 11.9. The van der Waals surface area contributed by atoms with Crippen LogP contribution in [0.2, 0.25) is 0 Å². The van der Waals surface area contributed by atoms with E-state index in [0.717, 1.165) is 18.8 Å². The Balaban J connectivity index is 1.95. The van der Waals surface area contributed by atoms with Gasteiger partial charge in [0.1, 0.15) is 0 Å². The van der Waals surface area contributed by atoms with E-state index < -0.39 is 0 Å². The van der Waals surface area contributed by atoms with E-state index >= 15 is 0 Å². The van der Waals surface area contributed by atoms with Gasteiger partial charge in [-0.05, 0) is 38.1 Å². The third kappa shape index (κ3) is 2.94. The molecule has 0 fully saturated rings. The number of nitrogens with one attached hydrogen (secondary N) is 1. The van der Waals surface area contributed by atoms with Crippen molar-refractivity contribution in [1.82, 2.24) is 14.9 Å². The molecule has 0 spiro atoms. The molecule has 17 heavy (non-hydrogen) atoms. The number of hydrogen-bond acceptors (Lipinski definition) is 2. The molecule has 0 bridgehead atoms. The van der Waals surface area contributed by atoms with Crippen molar-refractivity contribution in [2.45, 2.75) is 33.0 Å². The molecule has 0 aliphatic rings. The van der Waals surface area contributed by atoms with Gasteiger partial charge in [0.25, 0.3) is 0 Å². The average molecular weight is 229 g/mol. The third-order valence-electron chi connectivity index (χ3n) is 2.99. The molecular weight excluding hydrogens is 210 g/mol. The van der Waals surface area contributed by atoms with E-state index in [4.69, 9.17) is 0 Å². The van der Waals surface area contributed by atoms with Crippen molar-refractivity contribution in [1.29, 1.82) is 0 Å². The molecule has 0 amide bonds. The van der Waals surface area contributed by atoms with Crippen LogP contribution in [-0.4, -0.2) is 9.55 Å². The monoisotopic (exact) mass is 229 g/mol. The van der Waals surface area contributed by atoms with Gasteiger partial charge in [0.2, 0.25) is 0 Å². The standard InChI is InChI=1S/C14H19N3/c1-3-17-10-6-7-13(17)11-16-12(2)14-8-4-5-9-15-14/h4-10,12,16H,3,11H2,1-2H3/t12-/m1/s1. The average Bonchev–Trinajstić information content (AvgIpc) is 2.84. The zero-order valence-corrected chi connectivity index (χ0v) is 10.4. The number of aryl methyl sites for hydroxylation is 1. The van der Waals surface area contributed by atoms with Gasteiger partial charge < -0.3 is 9.88 Å². The number of nitrogens with zero attached hydrogens (tertiary/aromatic N) is 2. The first-order valence-corrected chi connectivity index (χ1v) is 6.09. The summed E-state index contributed by atoms with van der Waals surface area (Å²) in [6, 6.07) is 10.5. The second kappa shape index (κ2) is 5.64. The normalized spacial score (nSPS) is 12.6. The highest BCUT2D eigenvalue weighted by molar-refractivity contribution is 5.10. The summed E-state index contributed by atoms with van der Waals surface area (Å²) in [6.45, 7) is 6.19. The molecule has 0 saturated heterocycles. The van der Waals surface area contributed by atoms with Crippen LogP contribution in [0.1, 0.15) is 31.3 Å². The Kier molecular flexibility index (Phi) is 3.94. The fourth-order valence-corrected chi connectivity index (χ4v) is 1.91. The smallest absolute Gasteiger partial charge is 0.0570 e. The van der Waals surface area contributed by atoms with Gasteiger partial charge in [-0.2, -0.15) is 0 Å². The van der Waals surface area contributed by atoms with Crippen molar-refractivity contribution < 1.29 is 0 Å². The van der Waals surface area contributed by atoms with Crippen molar-refractivity contribution in [2.75, 3.05) is 0 Å². The summed E-state index contributed by atoms with van der Waals surface area (Å²) < 4.78 is 2.25. The first-order chi connectivity index (χ1) is 8.31. The van der Waals surface area contributed by atoms with E-state index in [9.17, 15) is 0 Å². The Morgan fingerprint density at radius 3 is 2.88 bits per heavy atom. The van der Waals surface area contributed by atoms with Crippen LogP contribution in [-0.2, 0) is 13.1 Å². The van der Waals surface area contributed by atoms with E-state index in [2.05, 4.69) is 53.1 Å². The predicted molar refractivity (Wildman–Crippen MR) is 69.6 cm³/mol. The highest BCUT2D eigenvalue weighted by atomic mass is 15.0. The summed E-state index contributed by atoms with van der Waals surface area (Å²) in [4.78, 5) is 4.35. The Bertz CT molecular complexity index is 448.